The Balaban J connectivity index is 1.43. The van der Waals surface area contributed by atoms with Gasteiger partial charge in [-0.15, -0.1) is 0 Å². The van der Waals surface area contributed by atoms with E-state index < -0.39 is 11.9 Å². The lowest BCUT2D eigenvalue weighted by Gasteiger charge is -2.23. The monoisotopic (exact) mass is 570 g/mol. The third-order valence-electron chi connectivity index (χ3n) is 6.11. The number of rotatable bonds is 10. The smallest absolute Gasteiger partial charge is 0.343 e. The normalized spacial score (nSPS) is 10.5. The first kappa shape index (κ1) is 28.8. The Morgan fingerprint density at radius 3 is 2.12 bits per heavy atom. The maximum atomic E-state index is 13.4. The van der Waals surface area contributed by atoms with Crippen molar-refractivity contribution < 1.29 is 24.2 Å². The van der Waals surface area contributed by atoms with Crippen LogP contribution in [0.1, 0.15) is 38.3 Å². The Kier molecular flexibility index (Phi) is 9.34. The number of aliphatic imine (C=N–C) groups is 1. The summed E-state index contributed by atoms with van der Waals surface area (Å²) in [6.07, 6.45) is 0.491. The van der Waals surface area contributed by atoms with Gasteiger partial charge in [-0.25, -0.2) is 14.6 Å². The highest BCUT2D eigenvalue weighted by Crippen LogP contribution is 2.26. The number of carbonyl (C=O) groups is 3. The number of esters is 1. The number of aromatic carboxylic acids is 1. The van der Waals surface area contributed by atoms with Crippen LogP contribution in [0.2, 0.25) is 5.02 Å². The Morgan fingerprint density at radius 1 is 0.854 bits per heavy atom. The minimum atomic E-state index is -1.04. The first-order valence-electron chi connectivity index (χ1n) is 12.6. The first-order valence-corrected chi connectivity index (χ1v) is 13.0. The molecule has 0 heterocycles. The predicted octanol–water partition coefficient (Wildman–Crippen LogP) is 5.33. The summed E-state index contributed by atoms with van der Waals surface area (Å²) in [5.74, 6) is -1.61. The maximum absolute atomic E-state index is 13.4. The molecule has 0 spiro atoms. The molecular weight excluding hydrogens is 544 g/mol. The minimum Gasteiger partial charge on any atom is -0.478 e. The van der Waals surface area contributed by atoms with E-state index in [1.54, 1.807) is 53.4 Å². The molecule has 5 N–H and O–H groups in total. The standard InChI is InChI=1S/C31H27ClN4O5/c32-27-18-26(41-30(40)23-6-12-24(13-7-23)35-31(33)34)16-10-21(27)11-17-28(37)36(19-20-4-2-1-3-5-20)25-14-8-22(9-15-25)29(38)39/h1-10,12-16,18H,11,17,19H2,(H,38,39)(H4,33,34,35). The number of halogens is 1. The predicted molar refractivity (Wildman–Crippen MR) is 158 cm³/mol. The lowest BCUT2D eigenvalue weighted by molar-refractivity contribution is -0.118. The zero-order valence-corrected chi connectivity index (χ0v) is 22.6. The van der Waals surface area contributed by atoms with Gasteiger partial charge in [0.2, 0.25) is 5.91 Å². The average molecular weight is 571 g/mol. The number of anilines is 1. The van der Waals surface area contributed by atoms with Crippen molar-refractivity contribution in [2.24, 2.45) is 16.5 Å². The van der Waals surface area contributed by atoms with Crippen molar-refractivity contribution in [2.45, 2.75) is 19.4 Å². The van der Waals surface area contributed by atoms with Gasteiger partial charge in [-0.1, -0.05) is 48.0 Å². The number of guanidine groups is 1. The Bertz CT molecular complexity index is 1570. The summed E-state index contributed by atoms with van der Waals surface area (Å²) < 4.78 is 5.45. The van der Waals surface area contributed by atoms with Gasteiger partial charge in [0.15, 0.2) is 5.96 Å². The molecule has 0 aliphatic rings. The number of nitrogens with two attached hydrogens (primary N) is 2. The van der Waals surface area contributed by atoms with Crippen LogP contribution in [0.4, 0.5) is 11.4 Å². The number of nitrogens with zero attached hydrogens (tertiary/aromatic N) is 2. The fourth-order valence-corrected chi connectivity index (χ4v) is 4.30. The van der Waals surface area contributed by atoms with Gasteiger partial charge in [0, 0.05) is 17.1 Å². The van der Waals surface area contributed by atoms with Crippen LogP contribution in [0.3, 0.4) is 0 Å². The van der Waals surface area contributed by atoms with Crippen molar-refractivity contribution in [1.82, 2.24) is 0 Å². The maximum Gasteiger partial charge on any atom is 0.343 e. The second kappa shape index (κ2) is 13.3. The van der Waals surface area contributed by atoms with E-state index in [0.717, 1.165) is 5.56 Å². The molecule has 0 saturated carbocycles. The van der Waals surface area contributed by atoms with Gasteiger partial charge in [-0.05, 0) is 78.2 Å². The molecule has 4 rings (SSSR count). The molecule has 0 aliphatic heterocycles. The molecule has 41 heavy (non-hydrogen) atoms. The molecule has 1 amide bonds. The van der Waals surface area contributed by atoms with Gasteiger partial charge >= 0.3 is 11.9 Å². The molecule has 0 aliphatic carbocycles. The fraction of sp³-hybridized carbons (Fsp3) is 0.0968. The molecule has 0 aromatic heterocycles. The summed E-state index contributed by atoms with van der Waals surface area (Å²) in [4.78, 5) is 42.7. The largest absolute Gasteiger partial charge is 0.478 e. The minimum absolute atomic E-state index is 0.0879. The summed E-state index contributed by atoms with van der Waals surface area (Å²) >= 11 is 6.47. The van der Waals surface area contributed by atoms with Gasteiger partial charge in [0.25, 0.3) is 0 Å². The number of hydrogen-bond acceptors (Lipinski definition) is 5. The van der Waals surface area contributed by atoms with Crippen molar-refractivity contribution >= 4 is 46.8 Å². The molecule has 0 atom stereocenters. The van der Waals surface area contributed by atoms with Gasteiger partial charge in [0.05, 0.1) is 23.4 Å². The van der Waals surface area contributed by atoms with Crippen molar-refractivity contribution in [1.29, 1.82) is 0 Å². The van der Waals surface area contributed by atoms with Gasteiger partial charge in [-0.3, -0.25) is 4.79 Å². The second-order valence-corrected chi connectivity index (χ2v) is 9.45. The highest BCUT2D eigenvalue weighted by molar-refractivity contribution is 6.31. The Labute approximate surface area is 241 Å². The molecule has 0 unspecified atom stereocenters. The number of carbonyl (C=O) groups excluding carboxylic acids is 2. The summed E-state index contributed by atoms with van der Waals surface area (Å²) in [5, 5.41) is 9.58. The molecule has 4 aromatic rings. The third-order valence-corrected chi connectivity index (χ3v) is 6.47. The van der Waals surface area contributed by atoms with E-state index in [1.807, 2.05) is 30.3 Å². The quantitative estimate of drug-likeness (QED) is 0.101. The zero-order valence-electron chi connectivity index (χ0n) is 21.9. The van der Waals surface area contributed by atoms with E-state index in [2.05, 4.69) is 4.99 Å². The van der Waals surface area contributed by atoms with E-state index in [0.29, 0.717) is 40.5 Å². The lowest BCUT2D eigenvalue weighted by Crippen LogP contribution is -2.30. The lowest BCUT2D eigenvalue weighted by atomic mass is 10.1. The molecule has 9 nitrogen and oxygen atoms in total. The van der Waals surface area contributed by atoms with Crippen molar-refractivity contribution in [3.05, 3.63) is 124 Å². The van der Waals surface area contributed by atoms with Crippen LogP contribution in [0.25, 0.3) is 0 Å². The summed E-state index contributed by atoms with van der Waals surface area (Å²) in [5.41, 5.74) is 13.9. The number of carboxylic acids is 1. The van der Waals surface area contributed by atoms with Crippen LogP contribution in [-0.4, -0.2) is 28.9 Å². The highest BCUT2D eigenvalue weighted by Gasteiger charge is 2.18. The van der Waals surface area contributed by atoms with Crippen LogP contribution in [0.5, 0.6) is 5.75 Å². The van der Waals surface area contributed by atoms with Crippen LogP contribution in [0.15, 0.2) is 102 Å². The molecule has 0 fully saturated rings. The molecule has 0 radical (unpaired) electrons. The second-order valence-electron chi connectivity index (χ2n) is 9.04. The number of ether oxygens (including phenoxy) is 1. The molecular formula is C31H27ClN4O5. The fourth-order valence-electron chi connectivity index (χ4n) is 4.03. The van der Waals surface area contributed by atoms with Crippen LogP contribution >= 0.6 is 11.6 Å². The Hall–Kier alpha value is -5.15. The number of hydrogen-bond donors (Lipinski definition) is 3. The highest BCUT2D eigenvalue weighted by atomic mass is 35.5. The van der Waals surface area contributed by atoms with Crippen molar-refractivity contribution in [3.63, 3.8) is 0 Å². The van der Waals surface area contributed by atoms with Crippen LogP contribution in [-0.2, 0) is 17.8 Å². The van der Waals surface area contributed by atoms with E-state index in [1.165, 1.54) is 18.2 Å². The van der Waals surface area contributed by atoms with Crippen molar-refractivity contribution in [3.8, 4) is 5.75 Å². The van der Waals surface area contributed by atoms with E-state index in [4.69, 9.17) is 27.8 Å². The van der Waals surface area contributed by atoms with Gasteiger partial charge in [-0.2, -0.15) is 0 Å². The summed E-state index contributed by atoms with van der Waals surface area (Å²) in [6, 6.07) is 26.8. The van der Waals surface area contributed by atoms with Crippen molar-refractivity contribution in [2.75, 3.05) is 4.90 Å². The summed E-state index contributed by atoms with van der Waals surface area (Å²) in [7, 11) is 0. The molecule has 0 saturated heterocycles. The third kappa shape index (κ3) is 7.93. The van der Waals surface area contributed by atoms with Gasteiger partial charge in [0.1, 0.15) is 5.75 Å². The number of benzene rings is 4. The molecule has 208 valence electrons. The number of carboxylic acid groups (broad SMARTS) is 1. The SMILES string of the molecule is NC(N)=Nc1ccc(C(=O)Oc2ccc(CCC(=O)N(Cc3ccccc3)c3ccc(C(=O)O)cc3)c(Cl)c2)cc1. The van der Waals surface area contributed by atoms with E-state index >= 15 is 0 Å². The van der Waals surface area contributed by atoms with Gasteiger partial charge < -0.3 is 26.2 Å². The molecule has 10 heteroatoms. The topological polar surface area (TPSA) is 148 Å². The number of aryl methyl sites for hydroxylation is 1. The first-order chi connectivity index (χ1) is 19.7. The zero-order chi connectivity index (χ0) is 29.4. The number of amides is 1. The Morgan fingerprint density at radius 2 is 1.51 bits per heavy atom. The van der Waals surface area contributed by atoms with E-state index in [-0.39, 0.29) is 29.6 Å². The average Bonchev–Trinajstić information content (AvgIpc) is 2.96. The van der Waals surface area contributed by atoms with Crippen LogP contribution < -0.4 is 21.1 Å². The van der Waals surface area contributed by atoms with E-state index in [9.17, 15) is 19.5 Å². The van der Waals surface area contributed by atoms with Crippen LogP contribution in [0, 0.1) is 0 Å². The molecule has 0 bridgehead atoms. The summed E-state index contributed by atoms with van der Waals surface area (Å²) in [6.45, 7) is 0.321. The molecule has 4 aromatic carbocycles.